The number of sulfone groups is 1. The number of carbonyl (C=O) groups excluding carboxylic acids is 2. The Bertz CT molecular complexity index is 611. The normalized spacial score (nSPS) is 25.5. The van der Waals surface area contributed by atoms with Gasteiger partial charge in [-0.2, -0.15) is 0 Å². The van der Waals surface area contributed by atoms with Crippen LogP contribution in [0.4, 0.5) is 0 Å². The quantitative estimate of drug-likeness (QED) is 0.736. The van der Waals surface area contributed by atoms with E-state index in [9.17, 15) is 18.0 Å². The fourth-order valence-corrected chi connectivity index (χ4v) is 4.80. The summed E-state index contributed by atoms with van der Waals surface area (Å²) in [5.74, 6) is 0.156. The Kier molecular flexibility index (Phi) is 6.17. The Hall–Kier alpha value is -1.11. The molecule has 2 aliphatic rings. The zero-order valence-corrected chi connectivity index (χ0v) is 16.7. The number of hydrogen-bond acceptors (Lipinski definition) is 4. The SMILES string of the molecule is CC(C)C(C)C(=O)N1CCS(=O)(=O)C(CCNC(=O)CC2(C)CC2)C1. The molecule has 0 bridgehead atoms. The lowest BCUT2D eigenvalue weighted by Crippen LogP contribution is -2.51. The van der Waals surface area contributed by atoms with Gasteiger partial charge in [0.2, 0.25) is 11.8 Å². The highest BCUT2D eigenvalue weighted by molar-refractivity contribution is 7.92. The minimum absolute atomic E-state index is 0.00503. The van der Waals surface area contributed by atoms with E-state index in [0.29, 0.717) is 19.4 Å². The van der Waals surface area contributed by atoms with Crippen molar-refractivity contribution < 1.29 is 18.0 Å². The van der Waals surface area contributed by atoms with Gasteiger partial charge in [0.1, 0.15) is 0 Å². The van der Waals surface area contributed by atoms with Crippen molar-refractivity contribution in [1.82, 2.24) is 10.2 Å². The first-order valence-electron chi connectivity index (χ1n) is 9.31. The predicted molar refractivity (Wildman–Crippen MR) is 97.7 cm³/mol. The van der Waals surface area contributed by atoms with Crippen molar-refractivity contribution in [2.24, 2.45) is 17.3 Å². The molecule has 2 amide bonds. The van der Waals surface area contributed by atoms with Gasteiger partial charge in [0.25, 0.3) is 0 Å². The highest BCUT2D eigenvalue weighted by Crippen LogP contribution is 2.47. The second kappa shape index (κ2) is 7.64. The zero-order chi connectivity index (χ0) is 18.8. The Labute approximate surface area is 151 Å². The third-order valence-electron chi connectivity index (χ3n) is 5.76. The average molecular weight is 373 g/mol. The minimum atomic E-state index is -3.20. The second-order valence-electron chi connectivity index (χ2n) is 8.43. The lowest BCUT2D eigenvalue weighted by molar-refractivity contribution is -0.136. The highest BCUT2D eigenvalue weighted by atomic mass is 32.2. The van der Waals surface area contributed by atoms with Crippen LogP contribution in [0.2, 0.25) is 0 Å². The van der Waals surface area contributed by atoms with Gasteiger partial charge in [-0.1, -0.05) is 27.7 Å². The molecular formula is C18H32N2O4S. The summed E-state index contributed by atoms with van der Waals surface area (Å²) in [6.07, 6.45) is 3.05. The summed E-state index contributed by atoms with van der Waals surface area (Å²) >= 11 is 0. The summed E-state index contributed by atoms with van der Waals surface area (Å²) in [5, 5.41) is 2.26. The van der Waals surface area contributed by atoms with Gasteiger partial charge in [0, 0.05) is 32.0 Å². The molecular weight excluding hydrogens is 340 g/mol. The van der Waals surface area contributed by atoms with Crippen LogP contribution in [0.15, 0.2) is 0 Å². The average Bonchev–Trinajstić information content (AvgIpc) is 3.24. The van der Waals surface area contributed by atoms with Crippen molar-refractivity contribution in [1.29, 1.82) is 0 Å². The molecule has 0 aromatic heterocycles. The maximum absolute atomic E-state index is 12.5. The first kappa shape index (κ1) is 20.2. The van der Waals surface area contributed by atoms with Crippen molar-refractivity contribution >= 4 is 21.7 Å². The van der Waals surface area contributed by atoms with Crippen LogP contribution >= 0.6 is 0 Å². The van der Waals surface area contributed by atoms with Gasteiger partial charge in [0.05, 0.1) is 11.0 Å². The van der Waals surface area contributed by atoms with E-state index in [0.717, 1.165) is 12.8 Å². The number of nitrogens with zero attached hydrogens (tertiary/aromatic N) is 1. The summed E-state index contributed by atoms with van der Waals surface area (Å²) < 4.78 is 24.6. The van der Waals surface area contributed by atoms with Crippen molar-refractivity contribution in [2.45, 2.75) is 58.6 Å². The molecule has 2 rings (SSSR count). The maximum atomic E-state index is 12.5. The van der Waals surface area contributed by atoms with Crippen molar-refractivity contribution in [3.8, 4) is 0 Å². The molecule has 0 aromatic rings. The maximum Gasteiger partial charge on any atom is 0.225 e. The van der Waals surface area contributed by atoms with Crippen LogP contribution in [-0.4, -0.2) is 55.8 Å². The number of amides is 2. The van der Waals surface area contributed by atoms with Crippen LogP contribution in [-0.2, 0) is 19.4 Å². The molecule has 2 atom stereocenters. The van der Waals surface area contributed by atoms with Crippen LogP contribution in [0.5, 0.6) is 0 Å². The van der Waals surface area contributed by atoms with Gasteiger partial charge in [-0.15, -0.1) is 0 Å². The van der Waals surface area contributed by atoms with Crippen LogP contribution in [0, 0.1) is 17.3 Å². The third-order valence-corrected chi connectivity index (χ3v) is 7.91. The van der Waals surface area contributed by atoms with E-state index >= 15 is 0 Å². The molecule has 1 saturated heterocycles. The van der Waals surface area contributed by atoms with E-state index in [2.05, 4.69) is 12.2 Å². The molecule has 1 saturated carbocycles. The molecule has 0 aromatic carbocycles. The van der Waals surface area contributed by atoms with Gasteiger partial charge in [0.15, 0.2) is 9.84 Å². The third kappa shape index (κ3) is 5.43. The van der Waals surface area contributed by atoms with E-state index in [1.54, 1.807) is 4.90 Å². The number of rotatable bonds is 7. The number of nitrogens with one attached hydrogen (secondary N) is 1. The molecule has 0 radical (unpaired) electrons. The topological polar surface area (TPSA) is 83.6 Å². The Morgan fingerprint density at radius 3 is 2.44 bits per heavy atom. The van der Waals surface area contributed by atoms with E-state index in [1.165, 1.54) is 0 Å². The molecule has 1 aliphatic heterocycles. The Balaban J connectivity index is 1.86. The molecule has 2 fully saturated rings. The van der Waals surface area contributed by atoms with E-state index in [1.807, 2.05) is 20.8 Å². The van der Waals surface area contributed by atoms with E-state index in [-0.39, 0.29) is 47.9 Å². The van der Waals surface area contributed by atoms with Gasteiger partial charge in [-0.3, -0.25) is 9.59 Å². The van der Waals surface area contributed by atoms with E-state index in [4.69, 9.17) is 0 Å². The standard InChI is InChI=1S/C18H32N2O4S/c1-13(2)14(3)17(22)20-9-10-25(23,24)15(12-20)5-8-19-16(21)11-18(4)6-7-18/h13-15H,5-12H2,1-4H3,(H,19,21). The molecule has 1 heterocycles. The molecule has 1 N–H and O–H groups in total. The van der Waals surface area contributed by atoms with Crippen LogP contribution in [0.25, 0.3) is 0 Å². The fourth-order valence-electron chi connectivity index (χ4n) is 3.11. The highest BCUT2D eigenvalue weighted by Gasteiger charge is 2.39. The lowest BCUT2D eigenvalue weighted by Gasteiger charge is -2.35. The van der Waals surface area contributed by atoms with Crippen molar-refractivity contribution in [2.75, 3.05) is 25.4 Å². The number of hydrogen-bond donors (Lipinski definition) is 1. The Morgan fingerprint density at radius 1 is 1.24 bits per heavy atom. The summed E-state index contributed by atoms with van der Waals surface area (Å²) in [7, 11) is -3.20. The molecule has 7 heteroatoms. The summed E-state index contributed by atoms with van der Waals surface area (Å²) in [5.41, 5.74) is 0.150. The summed E-state index contributed by atoms with van der Waals surface area (Å²) in [4.78, 5) is 26.1. The van der Waals surface area contributed by atoms with Gasteiger partial charge >= 0.3 is 0 Å². The molecule has 0 spiro atoms. The molecule has 2 unspecified atom stereocenters. The van der Waals surface area contributed by atoms with E-state index < -0.39 is 15.1 Å². The molecule has 144 valence electrons. The first-order valence-corrected chi connectivity index (χ1v) is 11.0. The Morgan fingerprint density at radius 2 is 1.88 bits per heavy atom. The van der Waals surface area contributed by atoms with Gasteiger partial charge in [-0.05, 0) is 30.6 Å². The van der Waals surface area contributed by atoms with Crippen LogP contribution in [0.1, 0.15) is 53.4 Å². The lowest BCUT2D eigenvalue weighted by atomic mass is 9.96. The van der Waals surface area contributed by atoms with Gasteiger partial charge < -0.3 is 10.2 Å². The first-order chi connectivity index (χ1) is 11.5. The second-order valence-corrected chi connectivity index (χ2v) is 10.8. The molecule has 1 aliphatic carbocycles. The smallest absolute Gasteiger partial charge is 0.225 e. The largest absolute Gasteiger partial charge is 0.356 e. The van der Waals surface area contributed by atoms with Crippen molar-refractivity contribution in [3.05, 3.63) is 0 Å². The molecule has 25 heavy (non-hydrogen) atoms. The summed E-state index contributed by atoms with van der Waals surface area (Å²) in [6, 6.07) is 0. The predicted octanol–water partition coefficient (Wildman–Crippen LogP) is 1.60. The number of carbonyl (C=O) groups is 2. The molecule has 6 nitrogen and oxygen atoms in total. The van der Waals surface area contributed by atoms with Crippen molar-refractivity contribution in [3.63, 3.8) is 0 Å². The fraction of sp³-hybridized carbons (Fsp3) is 0.889. The van der Waals surface area contributed by atoms with Crippen LogP contribution in [0.3, 0.4) is 0 Å². The minimum Gasteiger partial charge on any atom is -0.356 e. The monoisotopic (exact) mass is 372 g/mol. The zero-order valence-electron chi connectivity index (χ0n) is 15.9. The summed E-state index contributed by atoms with van der Waals surface area (Å²) in [6.45, 7) is 8.85. The van der Waals surface area contributed by atoms with Crippen LogP contribution < -0.4 is 5.32 Å². The van der Waals surface area contributed by atoms with Gasteiger partial charge in [-0.25, -0.2) is 8.42 Å².